The van der Waals surface area contributed by atoms with E-state index >= 15 is 0 Å². The summed E-state index contributed by atoms with van der Waals surface area (Å²) in [5, 5.41) is 0.723. The Morgan fingerprint density at radius 2 is 1.97 bits per heavy atom. The van der Waals surface area contributed by atoms with Crippen LogP contribution in [0, 0.1) is 12.8 Å². The average molecular weight is 489 g/mol. The summed E-state index contributed by atoms with van der Waals surface area (Å²) in [4.78, 5) is 31.9. The van der Waals surface area contributed by atoms with E-state index in [-0.39, 0.29) is 0 Å². The summed E-state index contributed by atoms with van der Waals surface area (Å²) in [6, 6.07) is 7.11. The number of aryl methyl sites for hydroxylation is 2. The van der Waals surface area contributed by atoms with Gasteiger partial charge in [-0.2, -0.15) is 0 Å². The summed E-state index contributed by atoms with van der Waals surface area (Å²) >= 11 is 0. The Labute approximate surface area is 212 Å². The van der Waals surface area contributed by atoms with E-state index in [0.29, 0.717) is 35.6 Å². The molecule has 0 radical (unpaired) electrons. The maximum Gasteiger partial charge on any atom is 0.343 e. The molecule has 2 aromatic heterocycles. The second-order valence-electron chi connectivity index (χ2n) is 9.09. The predicted molar refractivity (Wildman–Crippen MR) is 148 cm³/mol. The van der Waals surface area contributed by atoms with Gasteiger partial charge in [-0.25, -0.2) is 9.59 Å². The minimum Gasteiger partial charge on any atom is -0.431 e. The highest BCUT2D eigenvalue weighted by molar-refractivity contribution is 5.95. The molecule has 0 fully saturated rings. The van der Waals surface area contributed by atoms with Crippen LogP contribution in [0.1, 0.15) is 50.3 Å². The Kier molecular flexibility index (Phi) is 9.77. The van der Waals surface area contributed by atoms with Crippen LogP contribution in [0.2, 0.25) is 0 Å². The molecular weight excluding hydrogens is 452 g/mol. The van der Waals surface area contributed by atoms with Crippen LogP contribution >= 0.6 is 0 Å². The average Bonchev–Trinajstić information content (AvgIpc) is 2.86. The normalized spacial score (nSPS) is 12.8. The van der Waals surface area contributed by atoms with Gasteiger partial charge in [0.15, 0.2) is 0 Å². The van der Waals surface area contributed by atoms with Gasteiger partial charge in [0.2, 0.25) is 0 Å². The fourth-order valence-electron chi connectivity index (χ4n) is 4.22. The van der Waals surface area contributed by atoms with E-state index in [2.05, 4.69) is 43.3 Å². The van der Waals surface area contributed by atoms with Crippen molar-refractivity contribution in [3.63, 3.8) is 0 Å². The number of benzene rings is 1. The molecule has 36 heavy (non-hydrogen) atoms. The molecule has 6 heteroatoms. The number of hydrogen-bond donors (Lipinski definition) is 0. The molecule has 1 unspecified atom stereocenters. The van der Waals surface area contributed by atoms with Crippen molar-refractivity contribution in [2.24, 2.45) is 10.9 Å². The van der Waals surface area contributed by atoms with Crippen LogP contribution in [0.3, 0.4) is 0 Å². The summed E-state index contributed by atoms with van der Waals surface area (Å²) in [5.41, 5.74) is 3.29. The smallest absolute Gasteiger partial charge is 0.343 e. The van der Waals surface area contributed by atoms with Crippen LogP contribution in [0.15, 0.2) is 78.9 Å². The van der Waals surface area contributed by atoms with Crippen molar-refractivity contribution in [2.45, 2.75) is 53.5 Å². The molecule has 0 N–H and O–H groups in total. The van der Waals surface area contributed by atoms with Crippen molar-refractivity contribution in [1.29, 1.82) is 0 Å². The van der Waals surface area contributed by atoms with E-state index in [9.17, 15) is 9.59 Å². The monoisotopic (exact) mass is 488 g/mol. The number of rotatable bonds is 12. The lowest BCUT2D eigenvalue weighted by Gasteiger charge is -2.24. The lowest BCUT2D eigenvalue weighted by atomic mass is 9.97. The minimum atomic E-state index is -0.492. The third-order valence-corrected chi connectivity index (χ3v) is 6.21. The zero-order chi connectivity index (χ0) is 26.1. The van der Waals surface area contributed by atoms with E-state index < -0.39 is 11.3 Å². The van der Waals surface area contributed by atoms with Crippen LogP contribution in [0.25, 0.3) is 22.1 Å². The number of allylic oxidation sites excluding steroid dienone is 1. The lowest BCUT2D eigenvalue weighted by molar-refractivity contribution is 0.257. The van der Waals surface area contributed by atoms with Crippen LogP contribution in [-0.4, -0.2) is 24.2 Å². The number of hydrogen-bond acceptors (Lipinski definition) is 6. The molecular formula is C30H36N2O4. The van der Waals surface area contributed by atoms with Crippen molar-refractivity contribution in [2.75, 3.05) is 13.1 Å². The molecule has 3 aromatic rings. The van der Waals surface area contributed by atoms with Crippen LogP contribution in [0.5, 0.6) is 0 Å². The molecule has 0 saturated carbocycles. The van der Waals surface area contributed by atoms with Gasteiger partial charge in [0.05, 0.1) is 11.8 Å². The fourth-order valence-corrected chi connectivity index (χ4v) is 4.22. The van der Waals surface area contributed by atoms with Crippen molar-refractivity contribution in [3.8, 4) is 11.1 Å². The van der Waals surface area contributed by atoms with E-state index in [0.717, 1.165) is 48.0 Å². The highest BCUT2D eigenvalue weighted by Crippen LogP contribution is 2.30. The molecule has 0 saturated heterocycles. The van der Waals surface area contributed by atoms with E-state index in [1.54, 1.807) is 6.07 Å². The third kappa shape index (κ3) is 6.79. The minimum absolute atomic E-state index is 0.305. The molecule has 0 aliphatic heterocycles. The maximum absolute atomic E-state index is 12.7. The predicted octanol–water partition coefficient (Wildman–Crippen LogP) is 6.29. The van der Waals surface area contributed by atoms with Gasteiger partial charge in [0, 0.05) is 48.1 Å². The quantitative estimate of drug-likeness (QED) is 0.170. The van der Waals surface area contributed by atoms with E-state index in [4.69, 9.17) is 8.83 Å². The first-order valence-corrected chi connectivity index (χ1v) is 12.6. The van der Waals surface area contributed by atoms with Crippen LogP contribution in [0.4, 0.5) is 0 Å². The molecule has 190 valence electrons. The summed E-state index contributed by atoms with van der Waals surface area (Å²) in [6.45, 7) is 14.4. The maximum atomic E-state index is 12.7. The molecule has 0 amide bonds. The summed E-state index contributed by atoms with van der Waals surface area (Å²) in [6.07, 6.45) is 11.5. The van der Waals surface area contributed by atoms with Gasteiger partial charge in [0.1, 0.15) is 5.58 Å². The zero-order valence-corrected chi connectivity index (χ0v) is 21.8. The molecule has 3 rings (SSSR count). The standard InChI is InChI=1S/C30H36N2O4/c1-6-9-10-23-16-26(30(34)35-20-23)25-17-28(33)36-29-24(25)12-11-22(5)27(29)19-32(8-3)18-21(4)13-15-31-14-7-2/h6,11-17,20-21H,1,7-10,18-19H2,2-5H3/b15-13-,31-14?. The second kappa shape index (κ2) is 13.0. The summed E-state index contributed by atoms with van der Waals surface area (Å²) in [7, 11) is 0. The highest BCUT2D eigenvalue weighted by Gasteiger charge is 2.18. The van der Waals surface area contributed by atoms with Gasteiger partial charge >= 0.3 is 11.3 Å². The van der Waals surface area contributed by atoms with Crippen LogP contribution in [-0.2, 0) is 13.0 Å². The Bertz CT molecular complexity index is 1360. The Hall–Kier alpha value is -3.51. The van der Waals surface area contributed by atoms with Crippen molar-refractivity contribution in [1.82, 2.24) is 4.90 Å². The van der Waals surface area contributed by atoms with E-state index in [1.165, 1.54) is 12.3 Å². The number of nitrogens with zero attached hydrogens (tertiary/aromatic N) is 2. The van der Waals surface area contributed by atoms with Gasteiger partial charge in [0.25, 0.3) is 0 Å². The van der Waals surface area contributed by atoms with Crippen LogP contribution < -0.4 is 11.3 Å². The Morgan fingerprint density at radius 1 is 1.17 bits per heavy atom. The first-order valence-electron chi connectivity index (χ1n) is 12.6. The largest absolute Gasteiger partial charge is 0.431 e. The molecule has 6 nitrogen and oxygen atoms in total. The van der Waals surface area contributed by atoms with Gasteiger partial charge in [-0.1, -0.05) is 45.1 Å². The topological polar surface area (TPSA) is 76.0 Å². The molecule has 0 aliphatic rings. The van der Waals surface area contributed by atoms with Gasteiger partial charge in [-0.3, -0.25) is 9.89 Å². The molecule has 1 atom stereocenters. The molecule has 2 heterocycles. The highest BCUT2D eigenvalue weighted by atomic mass is 16.4. The summed E-state index contributed by atoms with van der Waals surface area (Å²) in [5.74, 6) is 0.305. The third-order valence-electron chi connectivity index (χ3n) is 6.21. The molecule has 0 aliphatic carbocycles. The lowest BCUT2D eigenvalue weighted by Crippen LogP contribution is -2.28. The SMILES string of the molecule is C=CCCc1coc(=O)c(-c2cc(=O)oc3c(CN(CC)CC(C)/C=C\N=CCC)c(C)ccc23)c1. The van der Waals surface area contributed by atoms with Crippen molar-refractivity contribution < 1.29 is 8.83 Å². The first-order chi connectivity index (χ1) is 17.4. The summed E-state index contributed by atoms with van der Waals surface area (Å²) < 4.78 is 11.1. The van der Waals surface area contributed by atoms with Gasteiger partial charge < -0.3 is 8.83 Å². The zero-order valence-electron chi connectivity index (χ0n) is 21.8. The molecule has 0 spiro atoms. The molecule has 1 aromatic carbocycles. The van der Waals surface area contributed by atoms with Gasteiger partial charge in [-0.15, -0.1) is 6.58 Å². The van der Waals surface area contributed by atoms with Gasteiger partial charge in [-0.05, 0) is 55.8 Å². The number of aliphatic imine (C=N–C) groups is 1. The van der Waals surface area contributed by atoms with E-state index in [1.807, 2.05) is 37.5 Å². The molecule has 0 bridgehead atoms. The number of fused-ring (bicyclic) bond motifs is 1. The Balaban J connectivity index is 2.02. The fraction of sp³-hybridized carbons (Fsp3) is 0.367. The Morgan fingerprint density at radius 3 is 2.69 bits per heavy atom. The van der Waals surface area contributed by atoms with Crippen molar-refractivity contribution >= 4 is 17.2 Å². The van der Waals surface area contributed by atoms with Crippen molar-refractivity contribution in [3.05, 3.63) is 93.0 Å². The first kappa shape index (κ1) is 27.1. The second-order valence-corrected chi connectivity index (χ2v) is 9.09.